The molecule has 170 valence electrons. The molecule has 1 unspecified atom stereocenters. The van der Waals surface area contributed by atoms with Crippen LogP contribution in [0.4, 0.5) is 0 Å². The zero-order chi connectivity index (χ0) is 21.3. The lowest BCUT2D eigenvalue weighted by atomic mass is 9.98. The smallest absolute Gasteiger partial charge is 0.314 e. The van der Waals surface area contributed by atoms with Gasteiger partial charge < -0.3 is 31.6 Å². The van der Waals surface area contributed by atoms with Crippen LogP contribution in [0.25, 0.3) is 0 Å². The molecule has 2 heterocycles. The summed E-state index contributed by atoms with van der Waals surface area (Å²) in [6.07, 6.45) is 1.95. The molecule has 1 aliphatic heterocycles. The van der Waals surface area contributed by atoms with Gasteiger partial charge in [0, 0.05) is 5.56 Å². The highest BCUT2D eigenvalue weighted by Gasteiger charge is 2.29. The molecule has 0 saturated carbocycles. The van der Waals surface area contributed by atoms with Gasteiger partial charge in [-0.15, -0.1) is 11.3 Å². The van der Waals surface area contributed by atoms with Gasteiger partial charge in [0.25, 0.3) is 0 Å². The number of halogens is 1. The molecule has 2 aromatic rings. The highest BCUT2D eigenvalue weighted by Crippen LogP contribution is 2.23. The number of hydrogen-bond donors (Lipinski definition) is 1. The first-order chi connectivity index (χ1) is 14.6. The number of nitrogens with zero attached hydrogens (tertiary/aromatic N) is 1. The molecule has 2 atom stereocenters. The van der Waals surface area contributed by atoms with Gasteiger partial charge in [-0.05, 0) is 55.8 Å². The van der Waals surface area contributed by atoms with E-state index in [1.54, 1.807) is 18.4 Å². The lowest BCUT2D eigenvalue weighted by Crippen LogP contribution is -3.14. The van der Waals surface area contributed by atoms with E-state index in [9.17, 15) is 4.79 Å². The van der Waals surface area contributed by atoms with Crippen LogP contribution in [-0.2, 0) is 14.4 Å². The summed E-state index contributed by atoms with van der Waals surface area (Å²) in [5, 5.41) is 6.57. The van der Waals surface area contributed by atoms with Crippen LogP contribution >= 0.6 is 11.3 Å². The van der Waals surface area contributed by atoms with Gasteiger partial charge in [-0.25, -0.2) is 0 Å². The first-order valence-corrected chi connectivity index (χ1v) is 11.4. The number of benzene rings is 1. The van der Waals surface area contributed by atoms with Crippen molar-refractivity contribution in [3.8, 4) is 5.75 Å². The summed E-state index contributed by atoms with van der Waals surface area (Å²) in [7, 11) is 1.66. The molecule has 1 aliphatic rings. The minimum absolute atomic E-state index is 0. The Kier molecular flexibility index (Phi) is 10.3. The molecule has 1 aromatic carbocycles. The Bertz CT molecular complexity index is 871. The second-order valence-electron chi connectivity index (χ2n) is 7.48. The first kappa shape index (κ1) is 25.2. The van der Waals surface area contributed by atoms with Gasteiger partial charge in [0.2, 0.25) is 0 Å². The number of hydrogen-bond acceptors (Lipinski definition) is 6. The molecule has 1 saturated heterocycles. The highest BCUT2D eigenvalue weighted by atomic mass is 35.5. The van der Waals surface area contributed by atoms with Crippen molar-refractivity contribution in [3.63, 3.8) is 0 Å². The number of quaternary nitrogens is 1. The van der Waals surface area contributed by atoms with Gasteiger partial charge in [-0.3, -0.25) is 4.79 Å². The molecule has 31 heavy (non-hydrogen) atoms. The van der Waals surface area contributed by atoms with Crippen LogP contribution in [0.1, 0.15) is 35.8 Å². The molecule has 0 bridgehead atoms. The molecule has 1 N–H and O–H groups in total. The Morgan fingerprint density at radius 3 is 2.87 bits per heavy atom. The highest BCUT2D eigenvalue weighted by molar-refractivity contribution is 7.12. The molecule has 8 heteroatoms. The lowest BCUT2D eigenvalue weighted by Gasteiger charge is -2.28. The standard InChI is InChI=1S/C23H30N2O4S.ClH/c1-4-28-23(26)19-8-6-11-25(16-19)12-13-29-24-21(22-17(2)10-14-30-22)18-7-5-9-20(15-18)27-3;/h5,7,9-10,14-15,19H,4,6,8,11-13,16H2,1-3H3;1H/b24-21-;/t19-;/m1./s1. The van der Waals surface area contributed by atoms with E-state index in [2.05, 4.69) is 23.5 Å². The van der Waals surface area contributed by atoms with Gasteiger partial charge in [-0.2, -0.15) is 0 Å². The van der Waals surface area contributed by atoms with Crippen molar-refractivity contribution in [2.75, 3.05) is 40.0 Å². The third kappa shape index (κ3) is 6.95. The summed E-state index contributed by atoms with van der Waals surface area (Å²) >= 11 is 1.65. The predicted octanol–water partition coefficient (Wildman–Crippen LogP) is -0.304. The minimum Gasteiger partial charge on any atom is -1.00 e. The van der Waals surface area contributed by atoms with Crippen LogP contribution in [0.2, 0.25) is 0 Å². The fourth-order valence-corrected chi connectivity index (χ4v) is 4.68. The number of rotatable bonds is 9. The summed E-state index contributed by atoms with van der Waals surface area (Å²) in [5.74, 6) is 0.720. The number of thiophene rings is 1. The van der Waals surface area contributed by atoms with Gasteiger partial charge in [0.05, 0.1) is 31.7 Å². The molecule has 0 aliphatic carbocycles. The summed E-state index contributed by atoms with van der Waals surface area (Å²) in [5.41, 5.74) is 2.95. The monoisotopic (exact) mass is 466 g/mol. The molecule has 0 radical (unpaired) electrons. The van der Waals surface area contributed by atoms with Crippen molar-refractivity contribution in [3.05, 3.63) is 51.7 Å². The van der Waals surface area contributed by atoms with Crippen molar-refractivity contribution in [1.82, 2.24) is 0 Å². The molecular weight excluding hydrogens is 436 g/mol. The lowest BCUT2D eigenvalue weighted by molar-refractivity contribution is -0.908. The van der Waals surface area contributed by atoms with Gasteiger partial charge in [0.1, 0.15) is 23.9 Å². The third-order valence-corrected chi connectivity index (χ3v) is 6.38. The fourth-order valence-electron chi connectivity index (χ4n) is 3.75. The Balaban J connectivity index is 0.00000341. The second-order valence-corrected chi connectivity index (χ2v) is 8.40. The van der Waals surface area contributed by atoms with Crippen LogP contribution in [-0.4, -0.2) is 51.6 Å². The van der Waals surface area contributed by atoms with Crippen molar-refractivity contribution in [2.45, 2.75) is 26.7 Å². The summed E-state index contributed by atoms with van der Waals surface area (Å²) < 4.78 is 10.6. The number of esters is 1. The maximum Gasteiger partial charge on any atom is 0.314 e. The average Bonchev–Trinajstić information content (AvgIpc) is 3.19. The van der Waals surface area contributed by atoms with Crippen LogP contribution in [0.5, 0.6) is 5.75 Å². The quantitative estimate of drug-likeness (QED) is 0.238. The van der Waals surface area contributed by atoms with E-state index in [-0.39, 0.29) is 24.3 Å². The number of carbonyl (C=O) groups excluding carboxylic acids is 1. The van der Waals surface area contributed by atoms with Crippen LogP contribution in [0, 0.1) is 12.8 Å². The number of oxime groups is 1. The summed E-state index contributed by atoms with van der Waals surface area (Å²) in [6.45, 7) is 7.55. The first-order valence-electron chi connectivity index (χ1n) is 10.5. The number of carbonyl (C=O) groups is 1. The van der Waals surface area contributed by atoms with E-state index < -0.39 is 0 Å². The van der Waals surface area contributed by atoms with E-state index in [1.807, 2.05) is 31.2 Å². The van der Waals surface area contributed by atoms with Crippen molar-refractivity contribution in [2.24, 2.45) is 11.1 Å². The number of aryl methyl sites for hydroxylation is 1. The molecule has 0 spiro atoms. The number of methoxy groups -OCH3 is 1. The molecule has 3 rings (SSSR count). The normalized spacial score (nSPS) is 18.7. The number of piperidine rings is 1. The Morgan fingerprint density at radius 1 is 1.32 bits per heavy atom. The van der Waals surface area contributed by atoms with Gasteiger partial charge in [0.15, 0.2) is 6.61 Å². The van der Waals surface area contributed by atoms with Crippen molar-refractivity contribution < 1.29 is 36.4 Å². The van der Waals surface area contributed by atoms with E-state index in [1.165, 1.54) is 10.5 Å². The van der Waals surface area contributed by atoms with Gasteiger partial charge >= 0.3 is 5.97 Å². The largest absolute Gasteiger partial charge is 1.00 e. The van der Waals surface area contributed by atoms with Crippen molar-refractivity contribution >= 4 is 23.0 Å². The minimum atomic E-state index is -0.0675. The molecule has 1 aromatic heterocycles. The van der Waals surface area contributed by atoms with Crippen molar-refractivity contribution in [1.29, 1.82) is 0 Å². The van der Waals surface area contributed by atoms with E-state index in [0.29, 0.717) is 13.2 Å². The summed E-state index contributed by atoms with van der Waals surface area (Å²) in [4.78, 5) is 20.3. The van der Waals surface area contributed by atoms with Crippen LogP contribution < -0.4 is 22.0 Å². The molecular formula is C23H31ClN2O4S. The van der Waals surface area contributed by atoms with Crippen LogP contribution in [0.15, 0.2) is 40.9 Å². The molecule has 6 nitrogen and oxygen atoms in total. The van der Waals surface area contributed by atoms with Crippen LogP contribution in [0.3, 0.4) is 0 Å². The molecule has 0 amide bonds. The Hall–Kier alpha value is -2.09. The average molecular weight is 467 g/mol. The Morgan fingerprint density at radius 2 is 2.16 bits per heavy atom. The molecule has 1 fully saturated rings. The number of likely N-dealkylation sites (tertiary alicyclic amines) is 1. The van der Waals surface area contributed by atoms with Gasteiger partial charge in [-0.1, -0.05) is 17.3 Å². The maximum atomic E-state index is 12.0. The number of nitrogens with one attached hydrogen (secondary N) is 1. The zero-order valence-corrected chi connectivity index (χ0v) is 19.9. The maximum absolute atomic E-state index is 12.0. The topological polar surface area (TPSA) is 61.6 Å². The fraction of sp³-hybridized carbons (Fsp3) is 0.478. The predicted molar refractivity (Wildman–Crippen MR) is 119 cm³/mol. The second kappa shape index (κ2) is 12.7. The zero-order valence-electron chi connectivity index (χ0n) is 18.4. The van der Waals surface area contributed by atoms with E-state index in [0.717, 1.165) is 54.4 Å². The Labute approximate surface area is 194 Å². The van der Waals surface area contributed by atoms with E-state index >= 15 is 0 Å². The number of ether oxygens (including phenoxy) is 2. The third-order valence-electron chi connectivity index (χ3n) is 5.36. The van der Waals surface area contributed by atoms with E-state index in [4.69, 9.17) is 14.3 Å². The summed E-state index contributed by atoms with van der Waals surface area (Å²) in [6, 6.07) is 9.96. The SMILES string of the molecule is CCOC(=O)[C@@H]1CCC[NH+](CCO/N=C(/c2cccc(OC)c2)c2sccc2C)C1.[Cl-].